The molecule has 1 atom stereocenters. The van der Waals surface area contributed by atoms with Gasteiger partial charge in [-0.25, -0.2) is 0 Å². The second-order valence-corrected chi connectivity index (χ2v) is 7.29. The Balaban J connectivity index is 2.13. The van der Waals surface area contributed by atoms with E-state index in [9.17, 15) is 18.3 Å². The molecule has 0 saturated heterocycles. The molecule has 1 aromatic heterocycles. The van der Waals surface area contributed by atoms with E-state index in [0.29, 0.717) is 18.1 Å². The number of aliphatic hydroxyl groups is 1. The number of nitrogens with zero attached hydrogens (tertiary/aromatic N) is 2. The zero-order chi connectivity index (χ0) is 18.7. The number of rotatable bonds is 6. The molecule has 9 heteroatoms. The third-order valence-electron chi connectivity index (χ3n) is 3.19. The number of β-amino-alcohol motifs (C(OH)–C–C–N with tert-alkyl or cyclic N) is 1. The van der Waals surface area contributed by atoms with Gasteiger partial charge in [-0.2, -0.15) is 13.2 Å². The average molecular weight is 375 g/mol. The fraction of sp³-hybridized carbons (Fsp3) is 0.500. The summed E-state index contributed by atoms with van der Waals surface area (Å²) in [7, 11) is 0. The summed E-state index contributed by atoms with van der Waals surface area (Å²) in [6, 6.07) is 6.27. The Morgan fingerprint density at radius 3 is 2.56 bits per heavy atom. The van der Waals surface area contributed by atoms with E-state index in [0.717, 1.165) is 0 Å². The minimum atomic E-state index is -4.53. The van der Waals surface area contributed by atoms with Crippen molar-refractivity contribution in [3.05, 3.63) is 29.1 Å². The van der Waals surface area contributed by atoms with E-state index in [1.807, 2.05) is 20.8 Å². The van der Waals surface area contributed by atoms with E-state index >= 15 is 0 Å². The van der Waals surface area contributed by atoms with Crippen LogP contribution in [0, 0.1) is 0 Å². The molecule has 1 unspecified atom stereocenters. The summed E-state index contributed by atoms with van der Waals surface area (Å²) in [6.07, 6.45) is -5.34. The summed E-state index contributed by atoms with van der Waals surface area (Å²) in [5.74, 6) is 0.218. The van der Waals surface area contributed by atoms with Crippen molar-refractivity contribution in [2.24, 2.45) is 0 Å². The van der Waals surface area contributed by atoms with Crippen molar-refractivity contribution in [3.63, 3.8) is 0 Å². The van der Waals surface area contributed by atoms with Gasteiger partial charge in [-0.05, 0) is 44.4 Å². The molecule has 25 heavy (non-hydrogen) atoms. The molecule has 2 aromatic rings. The summed E-state index contributed by atoms with van der Waals surface area (Å²) in [5.41, 5.74) is -0.234. The third-order valence-corrected chi connectivity index (χ3v) is 3.96. The predicted octanol–water partition coefficient (Wildman–Crippen LogP) is 3.35. The molecule has 0 amide bonds. The monoisotopic (exact) mass is 375 g/mol. The van der Waals surface area contributed by atoms with Crippen LogP contribution in [-0.2, 0) is 6.18 Å². The topological polar surface area (TPSA) is 67.3 Å². The molecule has 5 nitrogen and oxygen atoms in total. The standard InChI is InChI=1S/C16H20F3N3O2S/c1-15(2,3)20-8-10(23)9-24-12-7-5-4-6-11(12)13-14(16(17,18)19)25-22-21-13/h4-7,10,20,23H,8-9H2,1-3H3. The highest BCUT2D eigenvalue weighted by Gasteiger charge is 2.38. The molecule has 138 valence electrons. The van der Waals surface area contributed by atoms with Crippen LogP contribution in [0.1, 0.15) is 25.6 Å². The normalized spacial score (nSPS) is 13.7. The van der Waals surface area contributed by atoms with Crippen molar-refractivity contribution >= 4 is 11.5 Å². The van der Waals surface area contributed by atoms with E-state index in [4.69, 9.17) is 4.74 Å². The number of halogens is 3. The third kappa shape index (κ3) is 5.65. The van der Waals surface area contributed by atoms with E-state index in [1.165, 1.54) is 6.07 Å². The van der Waals surface area contributed by atoms with Gasteiger partial charge in [0, 0.05) is 17.6 Å². The van der Waals surface area contributed by atoms with Gasteiger partial charge in [-0.15, -0.1) is 5.10 Å². The van der Waals surface area contributed by atoms with Crippen molar-refractivity contribution in [2.75, 3.05) is 13.2 Å². The van der Waals surface area contributed by atoms with E-state index in [1.54, 1.807) is 18.2 Å². The number of nitrogens with one attached hydrogen (secondary N) is 1. The van der Waals surface area contributed by atoms with E-state index in [-0.39, 0.29) is 29.2 Å². The molecule has 2 N–H and O–H groups in total. The van der Waals surface area contributed by atoms with Crippen LogP contribution in [0.25, 0.3) is 11.3 Å². The van der Waals surface area contributed by atoms with Crippen LogP contribution in [0.2, 0.25) is 0 Å². The number of aromatic nitrogens is 2. The second-order valence-electron chi connectivity index (χ2n) is 6.54. The highest BCUT2D eigenvalue weighted by Crippen LogP contribution is 2.40. The highest BCUT2D eigenvalue weighted by molar-refractivity contribution is 7.06. The van der Waals surface area contributed by atoms with Gasteiger partial charge in [0.25, 0.3) is 0 Å². The molecule has 0 aliphatic rings. The van der Waals surface area contributed by atoms with Crippen molar-refractivity contribution in [1.29, 1.82) is 0 Å². The van der Waals surface area contributed by atoms with Gasteiger partial charge in [0.1, 0.15) is 24.2 Å². The van der Waals surface area contributed by atoms with Crippen LogP contribution in [0.3, 0.4) is 0 Å². The molecule has 0 bridgehead atoms. The Labute approximate surface area is 148 Å². The number of hydrogen-bond acceptors (Lipinski definition) is 6. The molecular formula is C16H20F3N3O2S. The first kappa shape index (κ1) is 19.6. The van der Waals surface area contributed by atoms with Crippen molar-refractivity contribution in [3.8, 4) is 17.0 Å². The lowest BCUT2D eigenvalue weighted by molar-refractivity contribution is -0.134. The van der Waals surface area contributed by atoms with Crippen LogP contribution >= 0.6 is 11.5 Å². The first-order chi connectivity index (χ1) is 11.6. The first-order valence-electron chi connectivity index (χ1n) is 7.63. The van der Waals surface area contributed by atoms with Crippen LogP contribution in [0.15, 0.2) is 24.3 Å². The van der Waals surface area contributed by atoms with Crippen LogP contribution in [0.4, 0.5) is 13.2 Å². The molecular weight excluding hydrogens is 355 g/mol. The number of alkyl halides is 3. The summed E-state index contributed by atoms with van der Waals surface area (Å²) >= 11 is 0.294. The van der Waals surface area contributed by atoms with Crippen LogP contribution < -0.4 is 10.1 Å². The van der Waals surface area contributed by atoms with Crippen molar-refractivity contribution < 1.29 is 23.0 Å². The Morgan fingerprint density at radius 2 is 1.92 bits per heavy atom. The minimum Gasteiger partial charge on any atom is -0.490 e. The van der Waals surface area contributed by atoms with Gasteiger partial charge in [-0.3, -0.25) is 0 Å². The zero-order valence-electron chi connectivity index (χ0n) is 14.1. The maximum absolute atomic E-state index is 13.1. The number of ether oxygens (including phenoxy) is 1. The molecule has 1 aromatic carbocycles. The zero-order valence-corrected chi connectivity index (χ0v) is 14.9. The molecule has 0 aliphatic heterocycles. The largest absolute Gasteiger partial charge is 0.490 e. The smallest absolute Gasteiger partial charge is 0.429 e. The van der Waals surface area contributed by atoms with Crippen molar-refractivity contribution in [2.45, 2.75) is 38.6 Å². The molecule has 0 aliphatic carbocycles. The van der Waals surface area contributed by atoms with Gasteiger partial charge < -0.3 is 15.2 Å². The molecule has 0 radical (unpaired) electrons. The molecule has 1 heterocycles. The van der Waals surface area contributed by atoms with Gasteiger partial charge in [0.2, 0.25) is 0 Å². The summed E-state index contributed by atoms with van der Waals surface area (Å²) in [6.45, 7) is 6.13. The molecule has 2 rings (SSSR count). The lowest BCUT2D eigenvalue weighted by atomic mass is 10.1. The van der Waals surface area contributed by atoms with Crippen LogP contribution in [-0.4, -0.2) is 39.5 Å². The number of benzene rings is 1. The summed E-state index contributed by atoms with van der Waals surface area (Å²) < 4.78 is 48.1. The van der Waals surface area contributed by atoms with Gasteiger partial charge >= 0.3 is 6.18 Å². The molecule has 0 fully saturated rings. The van der Waals surface area contributed by atoms with Gasteiger partial charge in [0.15, 0.2) is 4.88 Å². The minimum absolute atomic E-state index is 0.0565. The molecule has 0 saturated carbocycles. The fourth-order valence-electron chi connectivity index (χ4n) is 2.01. The number of para-hydroxylation sites is 1. The molecule has 0 spiro atoms. The Hall–Kier alpha value is -1.71. The summed E-state index contributed by atoms with van der Waals surface area (Å²) in [5, 5.41) is 16.7. The van der Waals surface area contributed by atoms with Gasteiger partial charge in [-0.1, -0.05) is 16.6 Å². The Morgan fingerprint density at radius 1 is 1.24 bits per heavy atom. The maximum Gasteiger partial charge on any atom is 0.429 e. The summed E-state index contributed by atoms with van der Waals surface area (Å²) in [4.78, 5) is -0.876. The van der Waals surface area contributed by atoms with Crippen molar-refractivity contribution in [1.82, 2.24) is 14.9 Å². The quantitative estimate of drug-likeness (QED) is 0.811. The number of hydrogen-bond donors (Lipinski definition) is 2. The lowest BCUT2D eigenvalue weighted by Gasteiger charge is -2.23. The Kier molecular flexibility index (Phi) is 6.02. The highest BCUT2D eigenvalue weighted by atomic mass is 32.1. The number of aliphatic hydroxyl groups excluding tert-OH is 1. The first-order valence-corrected chi connectivity index (χ1v) is 8.40. The SMILES string of the molecule is CC(C)(C)NCC(O)COc1ccccc1-c1nnsc1C(F)(F)F. The maximum atomic E-state index is 13.1. The average Bonchev–Trinajstić information content (AvgIpc) is 3.00. The lowest BCUT2D eigenvalue weighted by Crippen LogP contribution is -2.42. The van der Waals surface area contributed by atoms with Crippen LogP contribution in [0.5, 0.6) is 5.75 Å². The van der Waals surface area contributed by atoms with E-state index in [2.05, 4.69) is 14.9 Å². The van der Waals surface area contributed by atoms with E-state index < -0.39 is 17.2 Å². The Bertz CT molecular complexity index is 698. The fourth-order valence-corrected chi connectivity index (χ4v) is 2.55. The predicted molar refractivity (Wildman–Crippen MR) is 89.6 cm³/mol. The van der Waals surface area contributed by atoms with Gasteiger partial charge in [0.05, 0.1) is 0 Å². The second kappa shape index (κ2) is 7.67.